The molecule has 96 valence electrons. The molecule has 16 heavy (non-hydrogen) atoms. The van der Waals surface area contributed by atoms with E-state index in [1.54, 1.807) is 0 Å². The Morgan fingerprint density at radius 3 is 2.38 bits per heavy atom. The van der Waals surface area contributed by atoms with E-state index in [2.05, 4.69) is 19.2 Å². The highest BCUT2D eigenvalue weighted by molar-refractivity contribution is 5.67. The molecule has 0 fully saturated rings. The lowest BCUT2D eigenvalue weighted by molar-refractivity contribution is 0.0502. The topological polar surface area (TPSA) is 58.6 Å². The number of alkyl carbamates (subject to hydrolysis) is 1. The van der Waals surface area contributed by atoms with Crippen LogP contribution in [0.1, 0.15) is 41.0 Å². The number of ether oxygens (including phenoxy) is 1. The molecule has 0 bridgehead atoms. The van der Waals surface area contributed by atoms with Crippen LogP contribution in [0.2, 0.25) is 0 Å². The normalized spacial score (nSPS) is 15.4. The lowest BCUT2D eigenvalue weighted by Crippen LogP contribution is -2.37. The Morgan fingerprint density at radius 2 is 2.00 bits per heavy atom. The van der Waals surface area contributed by atoms with Gasteiger partial charge in [-0.2, -0.15) is 0 Å². The van der Waals surface area contributed by atoms with Gasteiger partial charge in [-0.3, -0.25) is 0 Å². The van der Waals surface area contributed by atoms with Crippen LogP contribution in [0, 0.1) is 11.8 Å². The molecule has 0 aromatic rings. The van der Waals surface area contributed by atoms with Crippen LogP contribution >= 0.6 is 0 Å². The van der Waals surface area contributed by atoms with E-state index in [1.807, 2.05) is 20.8 Å². The van der Waals surface area contributed by atoms with Gasteiger partial charge in [0.05, 0.1) is 0 Å². The first-order valence-electron chi connectivity index (χ1n) is 5.87. The van der Waals surface area contributed by atoms with Crippen molar-refractivity contribution in [2.45, 2.75) is 46.6 Å². The van der Waals surface area contributed by atoms with Crippen molar-refractivity contribution in [3.05, 3.63) is 0 Å². The van der Waals surface area contributed by atoms with Crippen molar-refractivity contribution in [3.63, 3.8) is 0 Å². The van der Waals surface area contributed by atoms with Gasteiger partial charge in [0.25, 0.3) is 0 Å². The first-order chi connectivity index (χ1) is 7.30. The number of carbonyl (C=O) groups is 1. The molecule has 2 atom stereocenters. The zero-order valence-electron chi connectivity index (χ0n) is 11.0. The molecule has 4 nitrogen and oxygen atoms in total. The molecule has 4 heteroatoms. The SMILES string of the molecule is CC[C@H](C)[C@@H](CO)CNC(=O)OC(C)(C)C. The summed E-state index contributed by atoms with van der Waals surface area (Å²) in [4.78, 5) is 11.4. The molecule has 1 amide bonds. The number of hydrogen-bond acceptors (Lipinski definition) is 3. The number of aliphatic hydroxyl groups excluding tert-OH is 1. The van der Waals surface area contributed by atoms with Gasteiger partial charge in [0.15, 0.2) is 0 Å². The summed E-state index contributed by atoms with van der Waals surface area (Å²) >= 11 is 0. The largest absolute Gasteiger partial charge is 0.444 e. The molecule has 0 aliphatic heterocycles. The molecule has 0 aromatic carbocycles. The summed E-state index contributed by atoms with van der Waals surface area (Å²) in [7, 11) is 0. The number of carbonyl (C=O) groups excluding carboxylic acids is 1. The maximum absolute atomic E-state index is 11.4. The van der Waals surface area contributed by atoms with Gasteiger partial charge in [-0.05, 0) is 26.7 Å². The summed E-state index contributed by atoms with van der Waals surface area (Å²) in [5.41, 5.74) is -0.477. The summed E-state index contributed by atoms with van der Waals surface area (Å²) < 4.78 is 5.11. The number of nitrogens with one attached hydrogen (secondary N) is 1. The fourth-order valence-electron chi connectivity index (χ4n) is 1.31. The van der Waals surface area contributed by atoms with Gasteiger partial charge in [0.2, 0.25) is 0 Å². The quantitative estimate of drug-likeness (QED) is 0.762. The van der Waals surface area contributed by atoms with Gasteiger partial charge >= 0.3 is 6.09 Å². The van der Waals surface area contributed by atoms with Crippen LogP contribution in [-0.2, 0) is 4.74 Å². The first kappa shape index (κ1) is 15.2. The van der Waals surface area contributed by atoms with Crippen LogP contribution in [0.5, 0.6) is 0 Å². The van der Waals surface area contributed by atoms with Gasteiger partial charge in [-0.15, -0.1) is 0 Å². The van der Waals surface area contributed by atoms with Crippen molar-refractivity contribution in [3.8, 4) is 0 Å². The van der Waals surface area contributed by atoms with Crippen molar-refractivity contribution in [1.29, 1.82) is 0 Å². The Balaban J connectivity index is 3.98. The van der Waals surface area contributed by atoms with E-state index in [1.165, 1.54) is 0 Å². The molecule has 0 rings (SSSR count). The molecule has 0 radical (unpaired) electrons. The molecule has 0 aliphatic carbocycles. The Labute approximate surface area is 98.4 Å². The summed E-state index contributed by atoms with van der Waals surface area (Å²) in [6, 6.07) is 0. The zero-order valence-corrected chi connectivity index (χ0v) is 11.0. The minimum atomic E-state index is -0.477. The first-order valence-corrected chi connectivity index (χ1v) is 5.87. The minimum absolute atomic E-state index is 0.0881. The predicted octanol–water partition coefficient (Wildman–Crippen LogP) is 2.17. The zero-order chi connectivity index (χ0) is 12.8. The summed E-state index contributed by atoms with van der Waals surface area (Å²) in [5.74, 6) is 0.484. The second kappa shape index (κ2) is 6.74. The van der Waals surface area contributed by atoms with Crippen molar-refractivity contribution in [2.24, 2.45) is 11.8 Å². The van der Waals surface area contributed by atoms with E-state index >= 15 is 0 Å². The lowest BCUT2D eigenvalue weighted by Gasteiger charge is -2.23. The Hall–Kier alpha value is -0.770. The second-order valence-electron chi connectivity index (χ2n) is 5.21. The third kappa shape index (κ3) is 6.67. The van der Waals surface area contributed by atoms with E-state index in [9.17, 15) is 9.90 Å². The standard InChI is InChI=1S/C12H25NO3/c1-6-9(2)10(8-14)7-13-11(15)16-12(3,4)5/h9-10,14H,6-8H2,1-5H3,(H,13,15)/t9-,10+/m0/s1. The smallest absolute Gasteiger partial charge is 0.407 e. The lowest BCUT2D eigenvalue weighted by atomic mass is 9.92. The summed E-state index contributed by atoms with van der Waals surface area (Å²) in [6.07, 6.45) is 0.565. The molecule has 0 spiro atoms. The van der Waals surface area contributed by atoms with E-state index in [0.717, 1.165) is 6.42 Å². The van der Waals surface area contributed by atoms with Crippen LogP contribution in [0.15, 0.2) is 0 Å². The number of hydrogen-bond donors (Lipinski definition) is 2. The molecule has 0 unspecified atom stereocenters. The molecular formula is C12H25NO3. The average molecular weight is 231 g/mol. The Kier molecular flexibility index (Phi) is 6.41. The molecule has 0 heterocycles. The third-order valence-corrected chi connectivity index (χ3v) is 2.59. The van der Waals surface area contributed by atoms with Crippen molar-refractivity contribution < 1.29 is 14.6 Å². The summed E-state index contributed by atoms with van der Waals surface area (Å²) in [6.45, 7) is 10.2. The van der Waals surface area contributed by atoms with E-state index < -0.39 is 11.7 Å². The average Bonchev–Trinajstić information content (AvgIpc) is 2.15. The maximum Gasteiger partial charge on any atom is 0.407 e. The highest BCUT2D eigenvalue weighted by Crippen LogP contribution is 2.14. The molecule has 0 saturated carbocycles. The minimum Gasteiger partial charge on any atom is -0.444 e. The monoisotopic (exact) mass is 231 g/mol. The van der Waals surface area contributed by atoms with Gasteiger partial charge in [-0.1, -0.05) is 20.3 Å². The van der Waals surface area contributed by atoms with Crippen LogP contribution in [-0.4, -0.2) is 30.0 Å². The van der Waals surface area contributed by atoms with Crippen molar-refractivity contribution >= 4 is 6.09 Å². The summed E-state index contributed by atoms with van der Waals surface area (Å²) in [5, 5.41) is 11.9. The Bertz CT molecular complexity index is 211. The van der Waals surface area contributed by atoms with Gasteiger partial charge in [0.1, 0.15) is 5.60 Å². The number of amides is 1. The van der Waals surface area contributed by atoms with Crippen LogP contribution in [0.3, 0.4) is 0 Å². The second-order valence-corrected chi connectivity index (χ2v) is 5.21. The number of rotatable bonds is 5. The van der Waals surface area contributed by atoms with Crippen molar-refractivity contribution in [1.82, 2.24) is 5.32 Å². The fraction of sp³-hybridized carbons (Fsp3) is 0.917. The molecule has 0 aromatic heterocycles. The van der Waals surface area contributed by atoms with Crippen molar-refractivity contribution in [2.75, 3.05) is 13.2 Å². The predicted molar refractivity (Wildman–Crippen MR) is 64.3 cm³/mol. The van der Waals surface area contributed by atoms with Crippen LogP contribution < -0.4 is 5.32 Å². The molecule has 2 N–H and O–H groups in total. The van der Waals surface area contributed by atoms with E-state index in [-0.39, 0.29) is 12.5 Å². The van der Waals surface area contributed by atoms with Gasteiger partial charge < -0.3 is 15.2 Å². The van der Waals surface area contributed by atoms with Gasteiger partial charge in [-0.25, -0.2) is 4.79 Å². The third-order valence-electron chi connectivity index (χ3n) is 2.59. The maximum atomic E-state index is 11.4. The number of aliphatic hydroxyl groups is 1. The fourth-order valence-corrected chi connectivity index (χ4v) is 1.31. The molecular weight excluding hydrogens is 206 g/mol. The van der Waals surface area contributed by atoms with Gasteiger partial charge in [0, 0.05) is 19.1 Å². The highest BCUT2D eigenvalue weighted by atomic mass is 16.6. The molecule has 0 aliphatic rings. The van der Waals surface area contributed by atoms with Crippen LogP contribution in [0.4, 0.5) is 4.79 Å². The highest BCUT2D eigenvalue weighted by Gasteiger charge is 2.19. The van der Waals surface area contributed by atoms with E-state index in [0.29, 0.717) is 12.5 Å². The van der Waals surface area contributed by atoms with Crippen LogP contribution in [0.25, 0.3) is 0 Å². The Morgan fingerprint density at radius 1 is 1.44 bits per heavy atom. The van der Waals surface area contributed by atoms with E-state index in [4.69, 9.17) is 4.74 Å². The molecule has 0 saturated heterocycles.